The number of amides is 1. The van der Waals surface area contributed by atoms with Gasteiger partial charge in [-0.05, 0) is 50.8 Å². The summed E-state index contributed by atoms with van der Waals surface area (Å²) in [6, 6.07) is 13.2. The number of nitrogens with one attached hydrogen (secondary N) is 1. The van der Waals surface area contributed by atoms with Gasteiger partial charge in [-0.25, -0.2) is 0 Å². The summed E-state index contributed by atoms with van der Waals surface area (Å²) in [7, 11) is 1.92. The predicted octanol–water partition coefficient (Wildman–Crippen LogP) is 4.07. The number of rotatable bonds is 11. The standard InChI is InChI=1S/C25H33N3O4/c1-17(2)14-24(27(5)16-21-8-6-18(3)7-9-21)25(30)26-23(19(4)29)15-20-10-12-22(13-11-20)28(31)32/h6-13,17,23-24H,14-16H2,1-5H3,(H,26,30)/t23?,24-/m0/s1. The number of ketones is 1. The fourth-order valence-electron chi connectivity index (χ4n) is 3.58. The monoisotopic (exact) mass is 439 g/mol. The van der Waals surface area contributed by atoms with Crippen LogP contribution in [0.2, 0.25) is 0 Å². The molecule has 0 heterocycles. The molecule has 2 rings (SSSR count). The Labute approximate surface area is 190 Å². The van der Waals surface area contributed by atoms with Crippen LogP contribution < -0.4 is 5.32 Å². The number of carbonyl (C=O) groups excluding carboxylic acids is 2. The van der Waals surface area contributed by atoms with Gasteiger partial charge in [0.05, 0.1) is 17.0 Å². The van der Waals surface area contributed by atoms with Gasteiger partial charge in [0, 0.05) is 18.7 Å². The van der Waals surface area contributed by atoms with Gasteiger partial charge >= 0.3 is 0 Å². The van der Waals surface area contributed by atoms with Crippen molar-refractivity contribution in [3.05, 3.63) is 75.3 Å². The first kappa shape index (κ1) is 25.2. The molecular formula is C25H33N3O4. The van der Waals surface area contributed by atoms with Gasteiger partial charge in [-0.2, -0.15) is 0 Å². The summed E-state index contributed by atoms with van der Waals surface area (Å²) in [6.45, 7) is 8.25. The molecule has 0 aliphatic carbocycles. The Morgan fingerprint density at radius 3 is 2.09 bits per heavy atom. The molecule has 0 bridgehead atoms. The number of Topliss-reactive ketones (excluding diaryl/α,β-unsaturated/α-hetero) is 1. The number of non-ortho nitro benzene ring substituents is 1. The van der Waals surface area contributed by atoms with Crippen molar-refractivity contribution in [2.45, 2.75) is 59.2 Å². The van der Waals surface area contributed by atoms with Crippen LogP contribution in [0.15, 0.2) is 48.5 Å². The van der Waals surface area contributed by atoms with Crippen LogP contribution in [0.1, 0.15) is 43.9 Å². The van der Waals surface area contributed by atoms with E-state index in [1.54, 1.807) is 12.1 Å². The Balaban J connectivity index is 2.12. The highest BCUT2D eigenvalue weighted by Crippen LogP contribution is 2.17. The summed E-state index contributed by atoms with van der Waals surface area (Å²) >= 11 is 0. The Kier molecular flexibility index (Phi) is 9.08. The van der Waals surface area contributed by atoms with Gasteiger partial charge in [0.25, 0.3) is 5.69 Å². The lowest BCUT2D eigenvalue weighted by Crippen LogP contribution is -2.51. The highest BCUT2D eigenvalue weighted by molar-refractivity contribution is 5.89. The minimum Gasteiger partial charge on any atom is -0.345 e. The Bertz CT molecular complexity index is 923. The molecule has 2 aromatic rings. The average Bonchev–Trinajstić information content (AvgIpc) is 2.73. The molecule has 32 heavy (non-hydrogen) atoms. The van der Waals surface area contributed by atoms with E-state index in [1.807, 2.05) is 18.9 Å². The minimum absolute atomic E-state index is 0.00751. The van der Waals surface area contributed by atoms with Crippen molar-refractivity contribution in [2.75, 3.05) is 7.05 Å². The molecule has 2 atom stereocenters. The molecular weight excluding hydrogens is 406 g/mol. The lowest BCUT2D eigenvalue weighted by atomic mass is 9.99. The lowest BCUT2D eigenvalue weighted by molar-refractivity contribution is -0.384. The molecule has 0 saturated heterocycles. The van der Waals surface area contributed by atoms with Gasteiger partial charge in [-0.15, -0.1) is 0 Å². The van der Waals surface area contributed by atoms with Crippen LogP contribution in [0.3, 0.4) is 0 Å². The molecule has 0 aromatic heterocycles. The predicted molar refractivity (Wildman–Crippen MR) is 125 cm³/mol. The molecule has 0 aliphatic rings. The van der Waals surface area contributed by atoms with Crippen molar-refractivity contribution in [3.8, 4) is 0 Å². The van der Waals surface area contributed by atoms with E-state index in [1.165, 1.54) is 24.6 Å². The largest absolute Gasteiger partial charge is 0.345 e. The first-order valence-corrected chi connectivity index (χ1v) is 10.9. The van der Waals surface area contributed by atoms with Gasteiger partial charge in [-0.1, -0.05) is 55.8 Å². The number of hydrogen-bond donors (Lipinski definition) is 1. The van der Waals surface area contributed by atoms with Crippen LogP contribution in [-0.4, -0.2) is 40.6 Å². The first-order valence-electron chi connectivity index (χ1n) is 10.9. The summed E-state index contributed by atoms with van der Waals surface area (Å²) in [4.78, 5) is 37.9. The van der Waals surface area contributed by atoms with Crippen molar-refractivity contribution < 1.29 is 14.5 Å². The fourth-order valence-corrected chi connectivity index (χ4v) is 3.58. The number of hydrogen-bond acceptors (Lipinski definition) is 5. The van der Waals surface area contributed by atoms with Crippen LogP contribution in [0.25, 0.3) is 0 Å². The third-order valence-electron chi connectivity index (χ3n) is 5.48. The van der Waals surface area contributed by atoms with Gasteiger partial charge in [-0.3, -0.25) is 24.6 Å². The Morgan fingerprint density at radius 1 is 1.03 bits per heavy atom. The van der Waals surface area contributed by atoms with Crippen molar-refractivity contribution in [2.24, 2.45) is 5.92 Å². The minimum atomic E-state index is -0.689. The topological polar surface area (TPSA) is 92.5 Å². The van der Waals surface area contributed by atoms with E-state index in [2.05, 4.69) is 43.4 Å². The third kappa shape index (κ3) is 7.57. The van der Waals surface area contributed by atoms with Crippen molar-refractivity contribution in [3.63, 3.8) is 0 Å². The molecule has 2 aromatic carbocycles. The SMILES string of the molecule is CC(=O)C(Cc1ccc([N+](=O)[O-])cc1)NC(=O)[C@H](CC(C)C)N(C)Cc1ccc(C)cc1. The molecule has 0 saturated carbocycles. The van der Waals surface area contributed by atoms with Crippen molar-refractivity contribution >= 4 is 17.4 Å². The zero-order valence-corrected chi connectivity index (χ0v) is 19.5. The average molecular weight is 440 g/mol. The molecule has 1 amide bonds. The maximum absolute atomic E-state index is 13.2. The summed E-state index contributed by atoms with van der Waals surface area (Å²) in [5.74, 6) is -0.0340. The van der Waals surface area contributed by atoms with E-state index >= 15 is 0 Å². The quantitative estimate of drug-likeness (QED) is 0.421. The van der Waals surface area contributed by atoms with E-state index in [0.29, 0.717) is 18.9 Å². The maximum atomic E-state index is 13.2. The van der Waals surface area contributed by atoms with E-state index < -0.39 is 11.0 Å². The van der Waals surface area contributed by atoms with Gasteiger partial charge in [0.1, 0.15) is 0 Å². The number of aryl methyl sites for hydroxylation is 1. The molecule has 7 heteroatoms. The zero-order chi connectivity index (χ0) is 23.8. The third-order valence-corrected chi connectivity index (χ3v) is 5.48. The van der Waals surface area contributed by atoms with Crippen LogP contribution in [-0.2, 0) is 22.6 Å². The molecule has 7 nitrogen and oxygen atoms in total. The number of benzene rings is 2. The molecule has 0 fully saturated rings. The summed E-state index contributed by atoms with van der Waals surface area (Å²) in [5.41, 5.74) is 3.05. The smallest absolute Gasteiger partial charge is 0.269 e. The number of nitro benzene ring substituents is 1. The highest BCUT2D eigenvalue weighted by atomic mass is 16.6. The number of carbonyl (C=O) groups is 2. The second-order valence-corrected chi connectivity index (χ2v) is 8.85. The van der Waals surface area contributed by atoms with E-state index in [-0.39, 0.29) is 29.8 Å². The molecule has 1 N–H and O–H groups in total. The van der Waals surface area contributed by atoms with E-state index in [0.717, 1.165) is 11.1 Å². The zero-order valence-electron chi connectivity index (χ0n) is 19.5. The van der Waals surface area contributed by atoms with Crippen LogP contribution in [0.4, 0.5) is 5.69 Å². The van der Waals surface area contributed by atoms with E-state index in [4.69, 9.17) is 0 Å². The van der Waals surface area contributed by atoms with Crippen LogP contribution in [0.5, 0.6) is 0 Å². The normalized spacial score (nSPS) is 13.1. The van der Waals surface area contributed by atoms with Gasteiger partial charge in [0.15, 0.2) is 5.78 Å². The molecule has 0 spiro atoms. The summed E-state index contributed by atoms with van der Waals surface area (Å²) in [6.07, 6.45) is 0.950. The molecule has 172 valence electrons. The summed E-state index contributed by atoms with van der Waals surface area (Å²) < 4.78 is 0. The molecule has 0 radical (unpaired) electrons. The van der Waals surface area contributed by atoms with Crippen LogP contribution in [0, 0.1) is 23.0 Å². The van der Waals surface area contributed by atoms with Crippen molar-refractivity contribution in [1.29, 1.82) is 0 Å². The highest BCUT2D eigenvalue weighted by Gasteiger charge is 2.28. The molecule has 0 aliphatic heterocycles. The summed E-state index contributed by atoms with van der Waals surface area (Å²) in [5, 5.41) is 13.8. The number of nitro groups is 1. The van der Waals surface area contributed by atoms with Crippen LogP contribution >= 0.6 is 0 Å². The Hall–Kier alpha value is -3.06. The first-order chi connectivity index (χ1) is 15.1. The number of nitrogens with zero attached hydrogens (tertiary/aromatic N) is 2. The lowest BCUT2D eigenvalue weighted by Gasteiger charge is -2.30. The molecule has 1 unspecified atom stereocenters. The van der Waals surface area contributed by atoms with Gasteiger partial charge in [0.2, 0.25) is 5.91 Å². The maximum Gasteiger partial charge on any atom is 0.269 e. The Morgan fingerprint density at radius 2 is 1.59 bits per heavy atom. The number of likely N-dealkylation sites (N-methyl/N-ethyl adjacent to an activating group) is 1. The second-order valence-electron chi connectivity index (χ2n) is 8.85. The van der Waals surface area contributed by atoms with E-state index in [9.17, 15) is 19.7 Å². The van der Waals surface area contributed by atoms with Gasteiger partial charge < -0.3 is 5.32 Å². The second kappa shape index (κ2) is 11.5. The fraction of sp³-hybridized carbons (Fsp3) is 0.440. The van der Waals surface area contributed by atoms with Crippen molar-refractivity contribution in [1.82, 2.24) is 10.2 Å².